The van der Waals surface area contributed by atoms with Gasteiger partial charge >= 0.3 is 0 Å². The molecule has 3 N–H and O–H groups in total. The van der Waals surface area contributed by atoms with Crippen LogP contribution in [0.25, 0.3) is 0 Å². The predicted molar refractivity (Wildman–Crippen MR) is 50.6 cm³/mol. The maximum Gasteiger partial charge on any atom is 0.0537 e. The Hall–Kier alpha value is -1.38. The van der Waals surface area contributed by atoms with E-state index < -0.39 is 0 Å². The van der Waals surface area contributed by atoms with Gasteiger partial charge < -0.3 is 11.1 Å². The average molecular weight is 163 g/mol. The first-order valence-electron chi connectivity index (χ1n) is 3.91. The van der Waals surface area contributed by atoms with Crippen molar-refractivity contribution in [1.29, 1.82) is 5.41 Å². The summed E-state index contributed by atoms with van der Waals surface area (Å²) in [5, 5.41) is 7.17. The highest BCUT2D eigenvalue weighted by atomic mass is 14.7. The van der Waals surface area contributed by atoms with Gasteiger partial charge in [-0.15, -0.1) is 0 Å². The van der Waals surface area contributed by atoms with E-state index in [-0.39, 0.29) is 0 Å². The van der Waals surface area contributed by atoms with Crippen LogP contribution in [0.2, 0.25) is 0 Å². The van der Waals surface area contributed by atoms with Crippen molar-refractivity contribution < 1.29 is 0 Å². The molecule has 0 aliphatic heterocycles. The zero-order valence-electron chi connectivity index (χ0n) is 7.33. The molecule has 0 unspecified atom stereocenters. The Morgan fingerprint density at radius 3 is 2.67 bits per heavy atom. The molecule has 0 saturated heterocycles. The Labute approximate surface area is 72.1 Å². The first-order valence-corrected chi connectivity index (χ1v) is 3.91. The van der Waals surface area contributed by atoms with Gasteiger partial charge in [-0.1, -0.05) is 13.8 Å². The smallest absolute Gasteiger partial charge is 0.0537 e. The van der Waals surface area contributed by atoms with E-state index in [0.717, 1.165) is 11.3 Å². The monoisotopic (exact) mass is 163 g/mol. The number of nitrogens with zero attached hydrogens (tertiary/aromatic N) is 1. The lowest BCUT2D eigenvalue weighted by Gasteiger charge is -2.09. The van der Waals surface area contributed by atoms with Gasteiger partial charge in [-0.3, -0.25) is 4.98 Å². The van der Waals surface area contributed by atoms with Crippen LogP contribution in [0.5, 0.6) is 0 Å². The molecule has 0 radical (unpaired) electrons. The van der Waals surface area contributed by atoms with E-state index in [4.69, 9.17) is 11.1 Å². The molecule has 1 aromatic rings. The molecule has 3 nitrogen and oxygen atoms in total. The normalized spacial score (nSPS) is 10.2. The number of nitrogens with one attached hydrogen (secondary N) is 1. The van der Waals surface area contributed by atoms with Crippen LogP contribution in [0, 0.1) is 5.41 Å². The lowest BCUT2D eigenvalue weighted by Crippen LogP contribution is -2.03. The van der Waals surface area contributed by atoms with Gasteiger partial charge in [0.2, 0.25) is 0 Å². The van der Waals surface area contributed by atoms with Crippen molar-refractivity contribution in [2.24, 2.45) is 0 Å². The summed E-state index contributed by atoms with van der Waals surface area (Å²) < 4.78 is 0. The van der Waals surface area contributed by atoms with E-state index in [1.807, 2.05) is 13.8 Å². The quantitative estimate of drug-likeness (QED) is 0.653. The van der Waals surface area contributed by atoms with Crippen molar-refractivity contribution in [3.05, 3.63) is 23.5 Å². The molecule has 1 aromatic heterocycles. The maximum absolute atomic E-state index is 7.17. The lowest BCUT2D eigenvalue weighted by atomic mass is 10.0. The van der Waals surface area contributed by atoms with Crippen LogP contribution in [0.1, 0.15) is 31.0 Å². The van der Waals surface area contributed by atoms with Crippen LogP contribution < -0.4 is 5.73 Å². The summed E-state index contributed by atoms with van der Waals surface area (Å²) in [7, 11) is 0. The fraction of sp³-hybridized carbons (Fsp3) is 0.333. The van der Waals surface area contributed by atoms with E-state index in [1.165, 1.54) is 6.21 Å². The van der Waals surface area contributed by atoms with E-state index in [1.54, 1.807) is 12.3 Å². The molecule has 0 spiro atoms. The molecule has 12 heavy (non-hydrogen) atoms. The summed E-state index contributed by atoms with van der Waals surface area (Å²) in [6.07, 6.45) is 2.94. The third-order valence-corrected chi connectivity index (χ3v) is 1.75. The second-order valence-corrected chi connectivity index (χ2v) is 3.00. The molecule has 0 aliphatic carbocycles. The number of aromatic nitrogens is 1. The minimum absolute atomic E-state index is 0.310. The number of anilines is 1. The summed E-state index contributed by atoms with van der Waals surface area (Å²) in [6.45, 7) is 4.07. The van der Waals surface area contributed by atoms with Gasteiger partial charge in [-0.2, -0.15) is 0 Å². The fourth-order valence-electron chi connectivity index (χ4n) is 1.12. The highest BCUT2D eigenvalue weighted by Crippen LogP contribution is 2.19. The van der Waals surface area contributed by atoms with Crippen molar-refractivity contribution in [3.63, 3.8) is 0 Å². The van der Waals surface area contributed by atoms with Gasteiger partial charge in [0.1, 0.15) is 0 Å². The van der Waals surface area contributed by atoms with Gasteiger partial charge in [0.15, 0.2) is 0 Å². The highest BCUT2D eigenvalue weighted by Gasteiger charge is 2.07. The Kier molecular flexibility index (Phi) is 2.43. The Morgan fingerprint density at radius 2 is 2.25 bits per heavy atom. The van der Waals surface area contributed by atoms with Crippen molar-refractivity contribution in [3.8, 4) is 0 Å². The predicted octanol–water partition coefficient (Wildman–Crippen LogP) is 1.78. The summed E-state index contributed by atoms with van der Waals surface area (Å²) in [5.74, 6) is 0.310. The Bertz CT molecular complexity index is 292. The topological polar surface area (TPSA) is 62.8 Å². The molecule has 1 rings (SSSR count). The van der Waals surface area contributed by atoms with Crippen molar-refractivity contribution in [2.75, 3.05) is 5.73 Å². The van der Waals surface area contributed by atoms with Gasteiger partial charge in [-0.05, 0) is 12.0 Å². The van der Waals surface area contributed by atoms with Crippen LogP contribution >= 0.6 is 0 Å². The lowest BCUT2D eigenvalue weighted by molar-refractivity contribution is 0.821. The fourth-order valence-corrected chi connectivity index (χ4v) is 1.12. The molecule has 3 heteroatoms. The molecule has 1 heterocycles. The highest BCUT2D eigenvalue weighted by molar-refractivity contribution is 5.86. The number of hydrogen-bond acceptors (Lipinski definition) is 3. The van der Waals surface area contributed by atoms with Crippen molar-refractivity contribution >= 4 is 11.9 Å². The van der Waals surface area contributed by atoms with Crippen LogP contribution in [0.4, 0.5) is 5.69 Å². The molecule has 0 fully saturated rings. The zero-order valence-corrected chi connectivity index (χ0v) is 7.33. The minimum atomic E-state index is 0.310. The van der Waals surface area contributed by atoms with Gasteiger partial charge in [0.05, 0.1) is 5.69 Å². The molecule has 0 atom stereocenters. The van der Waals surface area contributed by atoms with Crippen molar-refractivity contribution in [2.45, 2.75) is 19.8 Å². The number of nitrogen functional groups attached to an aromatic ring is 1. The molecule has 0 bridgehead atoms. The minimum Gasteiger partial charge on any atom is -0.398 e. The second kappa shape index (κ2) is 3.34. The van der Waals surface area contributed by atoms with Gasteiger partial charge in [0.25, 0.3) is 0 Å². The van der Waals surface area contributed by atoms with Gasteiger partial charge in [-0.25, -0.2) is 0 Å². The Balaban J connectivity index is 3.27. The number of rotatable bonds is 2. The van der Waals surface area contributed by atoms with Crippen LogP contribution in [-0.2, 0) is 0 Å². The zero-order chi connectivity index (χ0) is 9.14. The standard InChI is InChI=1S/C9H13N3/c1-6(2)9-7(5-10)8(11)3-4-12-9/h3-6,10H,1-2H3,(H2,11,12). The van der Waals surface area contributed by atoms with Gasteiger partial charge in [0, 0.05) is 23.7 Å². The molecule has 0 aromatic carbocycles. The van der Waals surface area contributed by atoms with Crippen LogP contribution in [0.3, 0.4) is 0 Å². The molecule has 0 amide bonds. The van der Waals surface area contributed by atoms with E-state index in [9.17, 15) is 0 Å². The molecule has 0 saturated carbocycles. The molecule has 64 valence electrons. The number of nitrogens with two attached hydrogens (primary N) is 1. The summed E-state index contributed by atoms with van der Waals surface area (Å²) >= 11 is 0. The summed E-state index contributed by atoms with van der Waals surface area (Å²) in [6, 6.07) is 1.71. The number of hydrogen-bond donors (Lipinski definition) is 2. The maximum atomic E-state index is 7.17. The number of pyridine rings is 1. The third kappa shape index (κ3) is 1.44. The van der Waals surface area contributed by atoms with Crippen LogP contribution in [-0.4, -0.2) is 11.2 Å². The SMILES string of the molecule is CC(C)c1nccc(N)c1C=N. The largest absolute Gasteiger partial charge is 0.398 e. The Morgan fingerprint density at radius 1 is 1.58 bits per heavy atom. The van der Waals surface area contributed by atoms with E-state index in [2.05, 4.69) is 4.98 Å². The second-order valence-electron chi connectivity index (χ2n) is 3.00. The summed E-state index contributed by atoms with van der Waals surface area (Å²) in [4.78, 5) is 4.18. The average Bonchev–Trinajstić information content (AvgIpc) is 2.03. The summed E-state index contributed by atoms with van der Waals surface area (Å²) in [5.41, 5.74) is 7.94. The first kappa shape index (κ1) is 8.71. The van der Waals surface area contributed by atoms with Crippen LogP contribution in [0.15, 0.2) is 12.3 Å². The molecule has 0 aliphatic rings. The third-order valence-electron chi connectivity index (χ3n) is 1.75. The molecular weight excluding hydrogens is 150 g/mol. The van der Waals surface area contributed by atoms with E-state index in [0.29, 0.717) is 11.6 Å². The first-order chi connectivity index (χ1) is 5.66. The van der Waals surface area contributed by atoms with Crippen molar-refractivity contribution in [1.82, 2.24) is 4.98 Å². The molecular formula is C9H13N3. The van der Waals surface area contributed by atoms with E-state index >= 15 is 0 Å².